The van der Waals surface area contributed by atoms with Gasteiger partial charge in [0.2, 0.25) is 0 Å². The zero-order chi connectivity index (χ0) is 7.02. The van der Waals surface area contributed by atoms with Crippen LogP contribution in [0.25, 0.3) is 0 Å². The molecule has 10 heavy (non-hydrogen) atoms. The largest absolute Gasteiger partial charge is 0.383 e. The van der Waals surface area contributed by atoms with E-state index < -0.39 is 23.6 Å². The second-order valence-corrected chi connectivity index (χ2v) is 2.00. The number of carbonyl (C=O) groups is 2. The van der Waals surface area contributed by atoms with Gasteiger partial charge in [-0.05, 0) is 0 Å². The summed E-state index contributed by atoms with van der Waals surface area (Å²) in [5, 5.41) is 17.2. The first-order valence-corrected chi connectivity index (χ1v) is 2.54. The van der Waals surface area contributed by atoms with E-state index in [4.69, 9.17) is 10.2 Å². The molecular formula is C4H5BNaO4. The smallest absolute Gasteiger partial charge is 0.293 e. The minimum Gasteiger partial charge on any atom is -0.383 e. The van der Waals surface area contributed by atoms with Gasteiger partial charge in [0.15, 0.2) is 0 Å². The van der Waals surface area contributed by atoms with Gasteiger partial charge in [-0.2, -0.15) is 0 Å². The van der Waals surface area contributed by atoms with Gasteiger partial charge in [-0.25, -0.2) is 0 Å². The fourth-order valence-corrected chi connectivity index (χ4v) is 0.733. The molecule has 1 aliphatic heterocycles. The molecule has 2 atom stereocenters. The second-order valence-electron chi connectivity index (χ2n) is 2.00. The monoisotopic (exact) mass is 151 g/mol. The molecule has 1 heterocycles. The molecule has 0 aromatic carbocycles. The molecule has 0 aromatic rings. The Morgan fingerprint density at radius 3 is 1.50 bits per heavy atom. The first-order chi connectivity index (χ1) is 4.13. The van der Waals surface area contributed by atoms with Gasteiger partial charge in [-0.1, -0.05) is 0 Å². The topological polar surface area (TPSA) is 74.6 Å². The van der Waals surface area contributed by atoms with Gasteiger partial charge in [-0.15, -0.1) is 0 Å². The molecule has 49 valence electrons. The van der Waals surface area contributed by atoms with Gasteiger partial charge in [0.25, 0.3) is 7.28 Å². The van der Waals surface area contributed by atoms with Gasteiger partial charge in [0.05, 0.1) is 0 Å². The van der Waals surface area contributed by atoms with Crippen LogP contribution in [0.5, 0.6) is 0 Å². The van der Waals surface area contributed by atoms with Crippen LogP contribution in [0.1, 0.15) is 0 Å². The van der Waals surface area contributed by atoms with Crippen LogP contribution >= 0.6 is 0 Å². The van der Waals surface area contributed by atoms with E-state index in [2.05, 4.69) is 0 Å². The molecule has 0 bridgehead atoms. The molecule has 1 fully saturated rings. The minimum absolute atomic E-state index is 0. The van der Waals surface area contributed by atoms with Crippen LogP contribution in [-0.2, 0) is 9.59 Å². The summed E-state index contributed by atoms with van der Waals surface area (Å²) in [5.74, 6) is 0. The maximum atomic E-state index is 10.4. The molecule has 0 amide bonds. The standard InChI is InChI=1S/C4H5BO4.Na/c6-1-2(7)4(9)5-3(1)8;/h1-2,5-7H;. The molecule has 4 nitrogen and oxygen atoms in total. The van der Waals surface area contributed by atoms with E-state index in [1.807, 2.05) is 0 Å². The number of hydrogen-bond donors (Lipinski definition) is 2. The Kier molecular flexibility index (Phi) is 3.76. The number of aliphatic hydroxyl groups is 2. The summed E-state index contributed by atoms with van der Waals surface area (Å²) in [6.45, 7) is 0. The van der Waals surface area contributed by atoms with E-state index in [0.29, 0.717) is 0 Å². The molecule has 2 unspecified atom stereocenters. The predicted octanol–water partition coefficient (Wildman–Crippen LogP) is -3.17. The van der Waals surface area contributed by atoms with Crippen molar-refractivity contribution in [2.75, 3.05) is 0 Å². The Labute approximate surface area is 80.1 Å². The molecule has 0 spiro atoms. The summed E-state index contributed by atoms with van der Waals surface area (Å²) in [7, 11) is -0.331. The molecular weight excluding hydrogens is 146 g/mol. The Balaban J connectivity index is 0.000000810. The van der Waals surface area contributed by atoms with E-state index in [1.165, 1.54) is 0 Å². The van der Waals surface area contributed by atoms with Crippen molar-refractivity contribution in [1.29, 1.82) is 0 Å². The zero-order valence-corrected chi connectivity index (χ0v) is 7.57. The molecule has 0 aliphatic carbocycles. The Hall–Kier alpha value is 0.325. The van der Waals surface area contributed by atoms with E-state index in [1.54, 1.807) is 0 Å². The summed E-state index contributed by atoms with van der Waals surface area (Å²) in [6, 6.07) is 0. The van der Waals surface area contributed by atoms with Crippen LogP contribution in [0, 0.1) is 0 Å². The number of rotatable bonds is 0. The molecule has 1 aliphatic rings. The molecule has 1 rings (SSSR count). The first kappa shape index (κ1) is 10.3. The van der Waals surface area contributed by atoms with Crippen LogP contribution in [0.15, 0.2) is 0 Å². The molecule has 0 saturated carbocycles. The molecule has 6 heteroatoms. The van der Waals surface area contributed by atoms with Crippen molar-refractivity contribution in [2.24, 2.45) is 0 Å². The van der Waals surface area contributed by atoms with Gasteiger partial charge < -0.3 is 19.8 Å². The maximum absolute atomic E-state index is 10.4. The van der Waals surface area contributed by atoms with E-state index >= 15 is 0 Å². The number of aliphatic hydroxyl groups excluding tert-OH is 2. The SMILES string of the molecule is O=C1BC(=O)C(O)C1O.[Na]. The third-order valence-electron chi connectivity index (χ3n) is 1.31. The Bertz CT molecular complexity index is 153. The second kappa shape index (κ2) is 3.64. The average molecular weight is 151 g/mol. The third kappa shape index (κ3) is 1.68. The fourth-order valence-electron chi connectivity index (χ4n) is 0.733. The summed E-state index contributed by atoms with van der Waals surface area (Å²) in [6.07, 6.45) is -2.95. The van der Waals surface area contributed by atoms with Crippen LogP contribution in [-0.4, -0.2) is 70.6 Å². The van der Waals surface area contributed by atoms with Crippen LogP contribution in [0.4, 0.5) is 0 Å². The van der Waals surface area contributed by atoms with E-state index in [0.717, 1.165) is 0 Å². The minimum atomic E-state index is -1.47. The Morgan fingerprint density at radius 1 is 1.10 bits per heavy atom. The quantitative estimate of drug-likeness (QED) is 0.358. The van der Waals surface area contributed by atoms with Gasteiger partial charge in [0.1, 0.15) is 23.6 Å². The third-order valence-corrected chi connectivity index (χ3v) is 1.31. The van der Waals surface area contributed by atoms with Crippen molar-refractivity contribution in [3.05, 3.63) is 0 Å². The normalized spacial score (nSPS) is 31.4. The fraction of sp³-hybridized carbons (Fsp3) is 0.500. The summed E-state index contributed by atoms with van der Waals surface area (Å²) in [4.78, 5) is 20.7. The van der Waals surface area contributed by atoms with Crippen molar-refractivity contribution >= 4 is 48.2 Å². The average Bonchev–Trinajstić information content (AvgIpc) is 1.98. The molecule has 2 N–H and O–H groups in total. The summed E-state index contributed by atoms with van der Waals surface area (Å²) < 4.78 is 0. The van der Waals surface area contributed by atoms with Crippen LogP contribution in [0.2, 0.25) is 0 Å². The first-order valence-electron chi connectivity index (χ1n) is 2.54. The maximum Gasteiger partial charge on any atom is 0.293 e. The molecule has 1 saturated heterocycles. The van der Waals surface area contributed by atoms with E-state index in [9.17, 15) is 9.59 Å². The van der Waals surface area contributed by atoms with E-state index in [-0.39, 0.29) is 36.8 Å². The van der Waals surface area contributed by atoms with Crippen molar-refractivity contribution in [2.45, 2.75) is 12.2 Å². The summed E-state index contributed by atoms with van der Waals surface area (Å²) in [5.41, 5.74) is -1.18. The predicted molar refractivity (Wildman–Crippen MR) is 34.9 cm³/mol. The van der Waals surface area contributed by atoms with Gasteiger partial charge >= 0.3 is 0 Å². The van der Waals surface area contributed by atoms with Crippen LogP contribution < -0.4 is 0 Å². The van der Waals surface area contributed by atoms with Crippen molar-refractivity contribution in [3.63, 3.8) is 0 Å². The zero-order valence-electron chi connectivity index (χ0n) is 5.57. The number of carbonyl (C=O) groups excluding carboxylic acids is 2. The molecule has 1 radical (unpaired) electrons. The Morgan fingerprint density at radius 2 is 1.40 bits per heavy atom. The van der Waals surface area contributed by atoms with Crippen molar-refractivity contribution < 1.29 is 19.8 Å². The van der Waals surface area contributed by atoms with Gasteiger partial charge in [-0.3, -0.25) is 0 Å². The number of hydrogen-bond acceptors (Lipinski definition) is 4. The van der Waals surface area contributed by atoms with Gasteiger partial charge in [0, 0.05) is 29.6 Å². The van der Waals surface area contributed by atoms with Crippen molar-refractivity contribution in [3.8, 4) is 0 Å². The summed E-state index contributed by atoms with van der Waals surface area (Å²) >= 11 is 0. The van der Waals surface area contributed by atoms with Crippen LogP contribution in [0.3, 0.4) is 0 Å². The molecule has 0 aromatic heterocycles. The van der Waals surface area contributed by atoms with Crippen molar-refractivity contribution in [1.82, 2.24) is 0 Å².